The van der Waals surface area contributed by atoms with Crippen molar-refractivity contribution in [2.75, 3.05) is 6.61 Å². The Labute approximate surface area is 120 Å². The Morgan fingerprint density at radius 2 is 1.45 bits per heavy atom. The number of hydrogen-bond acceptors (Lipinski definition) is 1. The van der Waals surface area contributed by atoms with E-state index >= 15 is 0 Å². The Bertz CT molecular complexity index is 536. The molecule has 1 nitrogen and oxygen atoms in total. The molecule has 1 saturated heterocycles. The average molecular weight is 264 g/mol. The van der Waals surface area contributed by atoms with Gasteiger partial charge < -0.3 is 4.74 Å². The predicted molar refractivity (Wildman–Crippen MR) is 80.7 cm³/mol. The van der Waals surface area contributed by atoms with Crippen LogP contribution in [0.5, 0.6) is 0 Å². The highest BCUT2D eigenvalue weighted by Crippen LogP contribution is 2.57. The van der Waals surface area contributed by atoms with Gasteiger partial charge in [0.25, 0.3) is 0 Å². The monoisotopic (exact) mass is 264 g/mol. The van der Waals surface area contributed by atoms with Gasteiger partial charge in [0.1, 0.15) is 0 Å². The summed E-state index contributed by atoms with van der Waals surface area (Å²) in [5.41, 5.74) is 3.09. The molecule has 0 N–H and O–H groups in total. The van der Waals surface area contributed by atoms with Crippen LogP contribution in [-0.4, -0.2) is 12.7 Å². The fourth-order valence-corrected chi connectivity index (χ4v) is 4.21. The molecule has 0 spiro atoms. The van der Waals surface area contributed by atoms with Crippen molar-refractivity contribution < 1.29 is 4.74 Å². The lowest BCUT2D eigenvalue weighted by Crippen LogP contribution is -2.58. The second kappa shape index (κ2) is 4.75. The Hall–Kier alpha value is -1.60. The van der Waals surface area contributed by atoms with Crippen LogP contribution in [0.15, 0.2) is 60.7 Å². The molecule has 1 saturated carbocycles. The maximum absolute atomic E-state index is 5.98. The zero-order valence-electron chi connectivity index (χ0n) is 11.7. The maximum atomic E-state index is 5.98. The molecule has 2 fully saturated rings. The van der Waals surface area contributed by atoms with E-state index in [9.17, 15) is 0 Å². The van der Waals surface area contributed by atoms with Gasteiger partial charge in [0, 0.05) is 12.0 Å². The van der Waals surface area contributed by atoms with E-state index in [-0.39, 0.29) is 5.41 Å². The van der Waals surface area contributed by atoms with Crippen molar-refractivity contribution in [3.05, 3.63) is 71.8 Å². The van der Waals surface area contributed by atoms with Gasteiger partial charge in [-0.1, -0.05) is 60.7 Å². The van der Waals surface area contributed by atoms with E-state index in [0.717, 1.165) is 13.0 Å². The second-order valence-corrected chi connectivity index (χ2v) is 6.07. The summed E-state index contributed by atoms with van der Waals surface area (Å²) in [5, 5.41) is 0. The fourth-order valence-electron chi connectivity index (χ4n) is 4.21. The first-order chi connectivity index (χ1) is 9.91. The summed E-state index contributed by atoms with van der Waals surface area (Å²) in [5.74, 6) is 0.640. The van der Waals surface area contributed by atoms with Gasteiger partial charge in [-0.3, -0.25) is 0 Å². The van der Waals surface area contributed by atoms with Gasteiger partial charge in [-0.25, -0.2) is 0 Å². The third-order valence-corrected chi connectivity index (χ3v) is 5.17. The van der Waals surface area contributed by atoms with E-state index in [2.05, 4.69) is 60.7 Å². The second-order valence-electron chi connectivity index (χ2n) is 6.07. The lowest BCUT2D eigenvalue weighted by atomic mass is 9.50. The van der Waals surface area contributed by atoms with Gasteiger partial charge in [-0.05, 0) is 36.3 Å². The number of hydrogen-bond donors (Lipinski definition) is 0. The standard InChI is InChI=1S/C19H20O/c1-3-8-15(9-4-1)19(16-10-5-2-6-11-16)14-18-17(19)12-7-13-20-18/h1-6,8-11,17-18H,7,12-14H2/t17-,18-/m1/s1. The van der Waals surface area contributed by atoms with Gasteiger partial charge in [0.05, 0.1) is 6.10 Å². The zero-order valence-corrected chi connectivity index (χ0v) is 11.7. The van der Waals surface area contributed by atoms with Crippen LogP contribution in [0.1, 0.15) is 30.4 Å². The van der Waals surface area contributed by atoms with Crippen LogP contribution in [-0.2, 0) is 10.2 Å². The molecule has 0 aromatic heterocycles. The van der Waals surface area contributed by atoms with Crippen molar-refractivity contribution in [1.82, 2.24) is 0 Å². The molecule has 0 radical (unpaired) electrons. The molecule has 2 aromatic carbocycles. The molecule has 102 valence electrons. The summed E-state index contributed by atoms with van der Waals surface area (Å²) in [4.78, 5) is 0. The Morgan fingerprint density at radius 1 is 0.850 bits per heavy atom. The molecule has 2 aromatic rings. The van der Waals surface area contributed by atoms with Crippen LogP contribution < -0.4 is 0 Å². The molecule has 4 rings (SSSR count). The quantitative estimate of drug-likeness (QED) is 0.791. The van der Waals surface area contributed by atoms with Crippen LogP contribution in [0.4, 0.5) is 0 Å². The molecule has 1 heterocycles. The van der Waals surface area contributed by atoms with Gasteiger partial charge in [-0.2, -0.15) is 0 Å². The minimum atomic E-state index is 0.174. The minimum absolute atomic E-state index is 0.174. The molecular weight excluding hydrogens is 244 g/mol. The Balaban J connectivity index is 1.82. The van der Waals surface area contributed by atoms with Crippen LogP contribution in [0.25, 0.3) is 0 Å². The summed E-state index contributed by atoms with van der Waals surface area (Å²) in [6.45, 7) is 0.945. The normalized spacial score (nSPS) is 27.4. The van der Waals surface area contributed by atoms with Crippen LogP contribution in [0.2, 0.25) is 0 Å². The van der Waals surface area contributed by atoms with Gasteiger partial charge >= 0.3 is 0 Å². The van der Waals surface area contributed by atoms with Gasteiger partial charge in [-0.15, -0.1) is 0 Å². The molecule has 1 aliphatic heterocycles. The molecular formula is C19H20O. The zero-order chi connectivity index (χ0) is 13.4. The summed E-state index contributed by atoms with van der Waals surface area (Å²) >= 11 is 0. The van der Waals surface area contributed by atoms with E-state index in [0.29, 0.717) is 12.0 Å². The van der Waals surface area contributed by atoms with Gasteiger partial charge in [0.2, 0.25) is 0 Å². The first-order valence-corrected chi connectivity index (χ1v) is 7.64. The number of fused-ring (bicyclic) bond motifs is 1. The maximum Gasteiger partial charge on any atom is 0.0626 e. The van der Waals surface area contributed by atoms with E-state index in [4.69, 9.17) is 4.74 Å². The van der Waals surface area contributed by atoms with E-state index in [1.165, 1.54) is 24.0 Å². The van der Waals surface area contributed by atoms with Crippen molar-refractivity contribution in [2.24, 2.45) is 5.92 Å². The average Bonchev–Trinajstić information content (AvgIpc) is 2.51. The first-order valence-electron chi connectivity index (χ1n) is 7.64. The van der Waals surface area contributed by atoms with Crippen molar-refractivity contribution in [1.29, 1.82) is 0 Å². The SMILES string of the molecule is c1ccc(C2(c3ccccc3)C[C@H]3OCCC[C@H]32)cc1. The van der Waals surface area contributed by atoms with E-state index in [1.54, 1.807) is 0 Å². The van der Waals surface area contributed by atoms with Crippen molar-refractivity contribution in [3.8, 4) is 0 Å². The lowest BCUT2D eigenvalue weighted by molar-refractivity contribution is -0.124. The lowest BCUT2D eigenvalue weighted by Gasteiger charge is -2.57. The van der Waals surface area contributed by atoms with E-state index in [1.807, 2.05) is 0 Å². The van der Waals surface area contributed by atoms with Crippen molar-refractivity contribution in [3.63, 3.8) is 0 Å². The smallest absolute Gasteiger partial charge is 0.0626 e. The Morgan fingerprint density at radius 3 is 2.00 bits per heavy atom. The topological polar surface area (TPSA) is 9.23 Å². The molecule has 0 unspecified atom stereocenters. The summed E-state index contributed by atoms with van der Waals surface area (Å²) < 4.78 is 5.98. The molecule has 0 amide bonds. The van der Waals surface area contributed by atoms with Crippen LogP contribution >= 0.6 is 0 Å². The first kappa shape index (κ1) is 12.2. The molecule has 1 aliphatic carbocycles. The molecule has 2 aliphatic rings. The number of rotatable bonds is 2. The molecule has 2 atom stereocenters. The van der Waals surface area contributed by atoms with Gasteiger partial charge in [0.15, 0.2) is 0 Å². The van der Waals surface area contributed by atoms with Crippen molar-refractivity contribution >= 4 is 0 Å². The van der Waals surface area contributed by atoms with Crippen LogP contribution in [0.3, 0.4) is 0 Å². The largest absolute Gasteiger partial charge is 0.378 e. The number of benzene rings is 2. The van der Waals surface area contributed by atoms with Crippen LogP contribution in [0, 0.1) is 5.92 Å². The highest BCUT2D eigenvalue weighted by molar-refractivity contribution is 5.44. The molecule has 0 bridgehead atoms. The number of ether oxygens (including phenoxy) is 1. The molecule has 1 heteroatoms. The van der Waals surface area contributed by atoms with E-state index < -0.39 is 0 Å². The highest BCUT2D eigenvalue weighted by atomic mass is 16.5. The highest BCUT2D eigenvalue weighted by Gasteiger charge is 2.56. The third-order valence-electron chi connectivity index (χ3n) is 5.17. The third kappa shape index (κ3) is 1.66. The molecule has 20 heavy (non-hydrogen) atoms. The summed E-state index contributed by atoms with van der Waals surface area (Å²) in [6, 6.07) is 22.0. The summed E-state index contributed by atoms with van der Waals surface area (Å²) in [7, 11) is 0. The predicted octanol–water partition coefficient (Wildman–Crippen LogP) is 4.17. The minimum Gasteiger partial charge on any atom is -0.378 e. The fraction of sp³-hybridized carbons (Fsp3) is 0.368. The van der Waals surface area contributed by atoms with Crippen molar-refractivity contribution in [2.45, 2.75) is 30.8 Å². The Kier molecular flexibility index (Phi) is 2.89. The summed E-state index contributed by atoms with van der Waals surface area (Å²) in [6.07, 6.45) is 4.08.